The zero-order valence-electron chi connectivity index (χ0n) is 18.6. The molecule has 0 aromatic heterocycles. The largest absolute Gasteiger partial charge is 0.275 e. The predicted octanol–water partition coefficient (Wildman–Crippen LogP) is 6.16. The van der Waals surface area contributed by atoms with Crippen LogP contribution in [0.2, 0.25) is 16.6 Å². The number of amides is 1. The maximum Gasteiger partial charge on any atom is 0.250 e. The Kier molecular flexibility index (Phi) is 8.74. The molecule has 0 saturated heterocycles. The lowest BCUT2D eigenvalue weighted by Gasteiger charge is -2.44. The first-order valence-electron chi connectivity index (χ1n) is 9.92. The quantitative estimate of drug-likeness (QED) is 0.304. The second-order valence-corrected chi connectivity index (χ2v) is 14.1. The number of aryl methyl sites for hydroxylation is 1. The van der Waals surface area contributed by atoms with Gasteiger partial charge in [-0.1, -0.05) is 71.4 Å². The van der Waals surface area contributed by atoms with Crippen LogP contribution in [0.5, 0.6) is 0 Å². The van der Waals surface area contributed by atoms with E-state index in [0.29, 0.717) is 23.0 Å². The number of carbonyl (C=O) groups excluding carboxylic acids is 1. The molecule has 0 aliphatic heterocycles. The first-order chi connectivity index (χ1) is 12.6. The van der Waals surface area contributed by atoms with Crippen molar-refractivity contribution in [3.63, 3.8) is 0 Å². The summed E-state index contributed by atoms with van der Waals surface area (Å²) in [5, 5.41) is 2.60. The van der Waals surface area contributed by atoms with Crippen LogP contribution < -0.4 is 0 Å². The topological polar surface area (TPSA) is 29.5 Å². The number of hydroxylamine groups is 2. The van der Waals surface area contributed by atoms with Crippen molar-refractivity contribution in [1.29, 1.82) is 0 Å². The minimum absolute atomic E-state index is 0.0699. The summed E-state index contributed by atoms with van der Waals surface area (Å²) >= 11 is 0. The first-order valence-corrected chi connectivity index (χ1v) is 12.1. The normalized spacial score (nSPS) is 11.7. The van der Waals surface area contributed by atoms with Gasteiger partial charge in [0.15, 0.2) is 0 Å². The second-order valence-electron chi connectivity index (χ2n) is 8.27. The van der Waals surface area contributed by atoms with Crippen LogP contribution in [0.1, 0.15) is 59.1 Å². The van der Waals surface area contributed by atoms with E-state index in [1.165, 1.54) is 28.5 Å². The maximum atomic E-state index is 12.1. The van der Waals surface area contributed by atoms with Gasteiger partial charge in [-0.2, -0.15) is 0 Å². The van der Waals surface area contributed by atoms with Crippen LogP contribution in [-0.4, -0.2) is 33.2 Å². The summed E-state index contributed by atoms with van der Waals surface area (Å²) in [6, 6.07) is 8.71. The average molecular weight is 388 g/mol. The van der Waals surface area contributed by atoms with Gasteiger partial charge in [-0.25, -0.2) is 5.06 Å². The van der Waals surface area contributed by atoms with Gasteiger partial charge < -0.3 is 0 Å². The van der Waals surface area contributed by atoms with Gasteiger partial charge in [0, 0.05) is 7.05 Å². The highest BCUT2D eigenvalue weighted by Crippen LogP contribution is 2.49. The minimum Gasteiger partial charge on any atom is -0.275 e. The number of carbonyl (C=O) groups is 1. The monoisotopic (exact) mass is 387 g/mol. The van der Waals surface area contributed by atoms with Gasteiger partial charge in [-0.15, -0.1) is 5.73 Å². The van der Waals surface area contributed by atoms with Crippen LogP contribution in [0, 0.1) is 6.92 Å². The summed E-state index contributed by atoms with van der Waals surface area (Å²) < 4.78 is 0. The second kappa shape index (κ2) is 10.1. The zero-order valence-corrected chi connectivity index (χ0v) is 19.6. The first kappa shape index (κ1) is 23.4. The molecule has 0 unspecified atom stereocenters. The van der Waals surface area contributed by atoms with Gasteiger partial charge >= 0.3 is 0 Å². The standard InChI is InChI=1S/C23H37NO2Si/c1-17(2)27(18(3)4,19(5)6)22(21-13-10-12-20(7)16-21)14-11-15-23(25)24(8)26-9/h10-13,16-19H,15H2,1-9H3. The molecular formula is C23H37NO2Si. The summed E-state index contributed by atoms with van der Waals surface area (Å²) in [4.78, 5) is 17.1. The average Bonchev–Trinajstić information content (AvgIpc) is 2.59. The maximum absolute atomic E-state index is 12.1. The van der Waals surface area contributed by atoms with E-state index in [4.69, 9.17) is 4.84 Å². The van der Waals surface area contributed by atoms with E-state index in [-0.39, 0.29) is 5.91 Å². The Morgan fingerprint density at radius 3 is 2.15 bits per heavy atom. The van der Waals surface area contributed by atoms with Crippen LogP contribution in [0.15, 0.2) is 36.1 Å². The molecule has 150 valence electrons. The highest BCUT2D eigenvalue weighted by atomic mass is 28.3. The van der Waals surface area contributed by atoms with Gasteiger partial charge in [0.25, 0.3) is 0 Å². The molecule has 0 N–H and O–H groups in total. The van der Waals surface area contributed by atoms with Crippen LogP contribution >= 0.6 is 0 Å². The summed E-state index contributed by atoms with van der Waals surface area (Å²) in [6.45, 7) is 16.3. The molecule has 1 amide bonds. The van der Waals surface area contributed by atoms with Crippen LogP contribution in [0.25, 0.3) is 5.20 Å². The van der Waals surface area contributed by atoms with Crippen LogP contribution in [0.3, 0.4) is 0 Å². The van der Waals surface area contributed by atoms with Crippen molar-refractivity contribution >= 4 is 19.2 Å². The molecule has 0 radical (unpaired) electrons. The SMILES string of the molecule is CON(C)C(=O)CC=C=C(c1cccc(C)c1)[Si](C(C)C)(C(C)C)C(C)C. The number of hydrogen-bond acceptors (Lipinski definition) is 2. The fourth-order valence-electron chi connectivity index (χ4n) is 4.60. The lowest BCUT2D eigenvalue weighted by Crippen LogP contribution is -2.45. The van der Waals surface area contributed by atoms with Crippen molar-refractivity contribution in [2.24, 2.45) is 0 Å². The lowest BCUT2D eigenvalue weighted by atomic mass is 10.1. The molecule has 0 saturated carbocycles. The van der Waals surface area contributed by atoms with Crippen molar-refractivity contribution in [1.82, 2.24) is 5.06 Å². The smallest absolute Gasteiger partial charge is 0.250 e. The molecule has 0 bridgehead atoms. The van der Waals surface area contributed by atoms with Crippen molar-refractivity contribution in [3.05, 3.63) is 47.2 Å². The number of nitrogens with zero attached hydrogens (tertiary/aromatic N) is 1. The Hall–Kier alpha value is -1.61. The third-order valence-corrected chi connectivity index (χ3v) is 12.8. The van der Waals surface area contributed by atoms with Gasteiger partial charge in [0.2, 0.25) is 5.91 Å². The molecule has 3 nitrogen and oxygen atoms in total. The molecule has 0 aliphatic carbocycles. The molecular weight excluding hydrogens is 350 g/mol. The summed E-state index contributed by atoms with van der Waals surface area (Å²) in [7, 11) is 1.23. The van der Waals surface area contributed by atoms with E-state index in [2.05, 4.69) is 78.5 Å². The Bertz CT molecular complexity index is 678. The fraction of sp³-hybridized carbons (Fsp3) is 0.565. The minimum atomic E-state index is -1.91. The highest BCUT2D eigenvalue weighted by molar-refractivity contribution is 6.99. The molecule has 0 aliphatic rings. The lowest BCUT2D eigenvalue weighted by molar-refractivity contribution is -0.167. The van der Waals surface area contributed by atoms with Crippen LogP contribution in [0.4, 0.5) is 0 Å². The number of benzene rings is 1. The summed E-state index contributed by atoms with van der Waals surface area (Å²) in [6.07, 6.45) is 2.18. The van der Waals surface area contributed by atoms with Crippen molar-refractivity contribution in [3.8, 4) is 0 Å². The Morgan fingerprint density at radius 2 is 1.70 bits per heavy atom. The molecule has 0 heterocycles. The number of hydrogen-bond donors (Lipinski definition) is 0. The molecule has 0 spiro atoms. The fourth-order valence-corrected chi connectivity index (χ4v) is 11.3. The van der Waals surface area contributed by atoms with Crippen molar-refractivity contribution < 1.29 is 9.63 Å². The van der Waals surface area contributed by atoms with E-state index < -0.39 is 8.07 Å². The molecule has 0 atom stereocenters. The Labute approximate surface area is 167 Å². The van der Waals surface area contributed by atoms with Gasteiger partial charge in [0.1, 0.15) is 8.07 Å². The third-order valence-electron chi connectivity index (χ3n) is 5.75. The van der Waals surface area contributed by atoms with Crippen LogP contribution in [-0.2, 0) is 9.63 Å². The van der Waals surface area contributed by atoms with Gasteiger partial charge in [-0.05, 0) is 40.4 Å². The summed E-state index contributed by atoms with van der Waals surface area (Å²) in [5.41, 5.74) is 7.84. The molecule has 4 heteroatoms. The van der Waals surface area contributed by atoms with Gasteiger partial charge in [-0.3, -0.25) is 9.63 Å². The molecule has 1 aromatic carbocycles. The molecule has 0 fully saturated rings. The number of rotatable bonds is 8. The van der Waals surface area contributed by atoms with E-state index >= 15 is 0 Å². The summed E-state index contributed by atoms with van der Waals surface area (Å²) in [5.74, 6) is -0.0699. The zero-order chi connectivity index (χ0) is 20.8. The molecule has 27 heavy (non-hydrogen) atoms. The van der Waals surface area contributed by atoms with Gasteiger partial charge in [0.05, 0.1) is 13.5 Å². The predicted molar refractivity (Wildman–Crippen MR) is 118 cm³/mol. The van der Waals surface area contributed by atoms with E-state index in [1.54, 1.807) is 7.05 Å². The van der Waals surface area contributed by atoms with Crippen molar-refractivity contribution in [2.75, 3.05) is 14.2 Å². The Morgan fingerprint density at radius 1 is 1.15 bits per heavy atom. The van der Waals surface area contributed by atoms with E-state index in [9.17, 15) is 4.79 Å². The highest BCUT2D eigenvalue weighted by Gasteiger charge is 2.46. The molecule has 1 rings (SSSR count). The Balaban J connectivity index is 3.63. The van der Waals surface area contributed by atoms with Crippen molar-refractivity contribution in [2.45, 2.75) is 71.5 Å². The molecule has 1 aromatic rings. The van der Waals surface area contributed by atoms with E-state index in [0.717, 1.165) is 0 Å². The van der Waals surface area contributed by atoms with E-state index in [1.807, 2.05) is 6.08 Å². The third kappa shape index (κ3) is 5.22.